The first kappa shape index (κ1) is 29.0. The van der Waals surface area contributed by atoms with Crippen LogP contribution in [0.25, 0.3) is 0 Å². The first-order chi connectivity index (χ1) is 18.2. The molecule has 0 amide bonds. The quantitative estimate of drug-likeness (QED) is 0.158. The fourth-order valence-electron chi connectivity index (χ4n) is 8.56. The molecular weight excluding hydrogens is 520 g/mol. The zero-order valence-corrected chi connectivity index (χ0v) is 21.9. The van der Waals surface area contributed by atoms with E-state index < -0.39 is 121 Å². The average Bonchev–Trinajstić information content (AvgIpc) is 2.88. The number of hydrogen-bond donors (Lipinski definition) is 8. The van der Waals surface area contributed by atoms with Gasteiger partial charge < -0.3 is 55.1 Å². The number of ether oxygens (including phenoxy) is 3. The van der Waals surface area contributed by atoms with E-state index in [9.17, 15) is 50.4 Å². The first-order valence-corrected chi connectivity index (χ1v) is 13.3. The molecule has 220 valence electrons. The molecule has 0 spiro atoms. The lowest BCUT2D eigenvalue weighted by Gasteiger charge is -2.69. The first-order valence-electron chi connectivity index (χ1n) is 13.3. The van der Waals surface area contributed by atoms with Crippen LogP contribution in [-0.2, 0) is 23.8 Å². The Labute approximate surface area is 224 Å². The molecule has 0 unspecified atom stereocenters. The van der Waals surface area contributed by atoms with Gasteiger partial charge in [-0.1, -0.05) is 19.4 Å². The molecule has 2 heterocycles. The van der Waals surface area contributed by atoms with Crippen molar-refractivity contribution in [3.8, 4) is 0 Å². The summed E-state index contributed by atoms with van der Waals surface area (Å²) in [6.07, 6.45) is -13.5. The van der Waals surface area contributed by atoms with E-state index in [4.69, 9.17) is 14.2 Å². The van der Waals surface area contributed by atoms with Crippen molar-refractivity contribution in [2.45, 2.75) is 88.4 Å². The van der Waals surface area contributed by atoms with E-state index in [0.29, 0.717) is 5.57 Å². The van der Waals surface area contributed by atoms with Gasteiger partial charge in [-0.15, -0.1) is 0 Å². The minimum atomic E-state index is -1.74. The summed E-state index contributed by atoms with van der Waals surface area (Å²) in [7, 11) is 0. The molecule has 4 fully saturated rings. The lowest BCUT2D eigenvalue weighted by atomic mass is 9.38. The van der Waals surface area contributed by atoms with Crippen LogP contribution in [0, 0.1) is 34.5 Å². The van der Waals surface area contributed by atoms with Crippen LogP contribution in [0.2, 0.25) is 0 Å². The standard InChI is InChI=1S/C26H38O13/c1-8-4-11(28)22(35)25(2)10(8)5-13-26(3)14(17(31)23(36)39-13)9(15(29)19(33)21(25)26)7-37-24-20(34)18(32)16(30)12(6-27)38-24/h4,9-10,12-22,24,27,29-35H,5-7H2,1-3H3/t9-,10+,12-,13-,14-,15-,16-,17-,18+,19+,20-,21-,22-,24-,25+,26+/m1/s1. The Morgan fingerprint density at radius 2 is 1.62 bits per heavy atom. The second-order valence-electron chi connectivity index (χ2n) is 12.3. The smallest absolute Gasteiger partial charge is 0.335 e. The Bertz CT molecular complexity index is 1030. The van der Waals surface area contributed by atoms with Crippen LogP contribution in [0.3, 0.4) is 0 Å². The maximum Gasteiger partial charge on any atom is 0.335 e. The number of ketones is 1. The zero-order chi connectivity index (χ0) is 28.8. The predicted octanol–water partition coefficient (Wildman–Crippen LogP) is -3.40. The van der Waals surface area contributed by atoms with Crippen molar-refractivity contribution in [2.24, 2.45) is 34.5 Å². The molecular formula is C26H38O13. The van der Waals surface area contributed by atoms with Gasteiger partial charge in [-0.2, -0.15) is 0 Å². The van der Waals surface area contributed by atoms with Gasteiger partial charge in [0.2, 0.25) is 0 Å². The van der Waals surface area contributed by atoms with Crippen molar-refractivity contribution in [2.75, 3.05) is 13.2 Å². The number of fused-ring (bicyclic) bond motifs is 2. The molecule has 0 aromatic carbocycles. The lowest BCUT2D eigenvalue weighted by Crippen LogP contribution is -2.77. The molecule has 0 aromatic heterocycles. The van der Waals surface area contributed by atoms with E-state index in [1.807, 2.05) is 0 Å². The van der Waals surface area contributed by atoms with E-state index in [1.54, 1.807) is 20.8 Å². The van der Waals surface area contributed by atoms with Gasteiger partial charge in [0, 0.05) is 28.6 Å². The number of carbonyl (C=O) groups excluding carboxylic acids is 2. The summed E-state index contributed by atoms with van der Waals surface area (Å²) in [6.45, 7) is 3.95. The molecule has 8 N–H and O–H groups in total. The molecule has 5 aliphatic rings. The van der Waals surface area contributed by atoms with Crippen molar-refractivity contribution in [1.29, 1.82) is 0 Å². The summed E-state index contributed by atoms with van der Waals surface area (Å²) >= 11 is 0. The normalized spacial score (nSPS) is 55.3. The fourth-order valence-corrected chi connectivity index (χ4v) is 8.56. The van der Waals surface area contributed by atoms with Crippen molar-refractivity contribution in [1.82, 2.24) is 0 Å². The molecule has 2 saturated heterocycles. The Morgan fingerprint density at radius 1 is 0.949 bits per heavy atom. The second-order valence-corrected chi connectivity index (χ2v) is 12.3. The van der Waals surface area contributed by atoms with E-state index in [-0.39, 0.29) is 6.42 Å². The Balaban J connectivity index is 1.52. The summed E-state index contributed by atoms with van der Waals surface area (Å²) in [5, 5.41) is 85.3. The largest absolute Gasteiger partial charge is 0.460 e. The van der Waals surface area contributed by atoms with Crippen molar-refractivity contribution in [3.05, 3.63) is 11.6 Å². The fraction of sp³-hybridized carbons (Fsp3) is 0.846. The van der Waals surface area contributed by atoms with Gasteiger partial charge >= 0.3 is 5.97 Å². The van der Waals surface area contributed by atoms with Crippen LogP contribution in [-0.4, -0.2) is 127 Å². The number of rotatable bonds is 4. The molecule has 3 aliphatic carbocycles. The molecule has 2 saturated carbocycles. The topological polar surface area (TPSA) is 224 Å². The highest BCUT2D eigenvalue weighted by atomic mass is 16.7. The zero-order valence-electron chi connectivity index (χ0n) is 21.9. The average molecular weight is 559 g/mol. The number of aliphatic hydroxyl groups is 8. The number of allylic oxidation sites excluding steroid dienone is 1. The molecule has 0 bridgehead atoms. The third-order valence-electron chi connectivity index (χ3n) is 10.5. The van der Waals surface area contributed by atoms with Crippen molar-refractivity contribution in [3.63, 3.8) is 0 Å². The van der Waals surface area contributed by atoms with E-state index in [0.717, 1.165) is 0 Å². The van der Waals surface area contributed by atoms with Crippen LogP contribution in [0.4, 0.5) is 0 Å². The molecule has 5 rings (SSSR count). The van der Waals surface area contributed by atoms with Crippen molar-refractivity contribution >= 4 is 11.8 Å². The third-order valence-corrected chi connectivity index (χ3v) is 10.5. The monoisotopic (exact) mass is 558 g/mol. The minimum absolute atomic E-state index is 0.217. The molecule has 13 nitrogen and oxygen atoms in total. The number of carbonyl (C=O) groups is 2. The third kappa shape index (κ3) is 3.90. The van der Waals surface area contributed by atoms with Crippen LogP contribution in [0.15, 0.2) is 11.6 Å². The van der Waals surface area contributed by atoms with Gasteiger partial charge in [-0.25, -0.2) is 4.79 Å². The van der Waals surface area contributed by atoms with Crippen LogP contribution in [0.1, 0.15) is 27.2 Å². The minimum Gasteiger partial charge on any atom is -0.460 e. The summed E-state index contributed by atoms with van der Waals surface area (Å²) < 4.78 is 16.7. The highest BCUT2D eigenvalue weighted by Crippen LogP contribution is 2.68. The summed E-state index contributed by atoms with van der Waals surface area (Å²) in [5.74, 6) is -5.08. The van der Waals surface area contributed by atoms with Crippen molar-refractivity contribution < 1.29 is 64.7 Å². The Kier molecular flexibility index (Phi) is 7.28. The maximum atomic E-state index is 12.9. The Hall–Kier alpha value is -1.52. The van der Waals surface area contributed by atoms with Gasteiger partial charge in [-0.3, -0.25) is 4.79 Å². The molecule has 2 aliphatic heterocycles. The number of hydrogen-bond acceptors (Lipinski definition) is 13. The highest BCUT2D eigenvalue weighted by molar-refractivity contribution is 5.96. The molecule has 0 aromatic rings. The summed E-state index contributed by atoms with van der Waals surface area (Å²) in [5.41, 5.74) is -1.82. The van der Waals surface area contributed by atoms with E-state index >= 15 is 0 Å². The van der Waals surface area contributed by atoms with Crippen LogP contribution < -0.4 is 0 Å². The maximum absolute atomic E-state index is 12.9. The highest BCUT2D eigenvalue weighted by Gasteiger charge is 2.74. The van der Waals surface area contributed by atoms with E-state index in [2.05, 4.69) is 0 Å². The van der Waals surface area contributed by atoms with Gasteiger partial charge in [0.05, 0.1) is 25.4 Å². The van der Waals surface area contributed by atoms with Crippen LogP contribution in [0.5, 0.6) is 0 Å². The predicted molar refractivity (Wildman–Crippen MR) is 127 cm³/mol. The second kappa shape index (κ2) is 9.79. The van der Waals surface area contributed by atoms with Gasteiger partial charge in [0.1, 0.15) is 36.6 Å². The number of esters is 1. The van der Waals surface area contributed by atoms with Gasteiger partial charge in [0.15, 0.2) is 18.2 Å². The van der Waals surface area contributed by atoms with Gasteiger partial charge in [-0.05, 0) is 25.3 Å². The molecule has 16 atom stereocenters. The number of aliphatic hydroxyl groups excluding tert-OH is 8. The van der Waals surface area contributed by atoms with E-state index in [1.165, 1.54) is 6.08 Å². The summed E-state index contributed by atoms with van der Waals surface area (Å²) in [6, 6.07) is 0. The van der Waals surface area contributed by atoms with Crippen LogP contribution >= 0.6 is 0 Å². The lowest BCUT2D eigenvalue weighted by molar-refractivity contribution is -0.327. The van der Waals surface area contributed by atoms with Gasteiger partial charge in [0.25, 0.3) is 0 Å². The summed E-state index contributed by atoms with van der Waals surface area (Å²) in [4.78, 5) is 25.6. The SMILES string of the molecule is CC1=CC(=O)[C@@H](O)[C@]2(C)[C@H]3[C@@H](O)[C@H](O)[C@H](CO[C@@H]4O[C@H](CO)[C@@H](O)[C@H](O)[C@H]4O)[C@@H]4[C@@H](O)C(=O)O[C@H](C[C@@H]12)[C@@]43C. The molecule has 13 heteroatoms. The Morgan fingerprint density at radius 3 is 2.26 bits per heavy atom. The molecule has 0 radical (unpaired) electrons. The molecule has 39 heavy (non-hydrogen) atoms.